The van der Waals surface area contributed by atoms with E-state index in [0.717, 1.165) is 17.1 Å². The molecule has 25 heavy (non-hydrogen) atoms. The van der Waals surface area contributed by atoms with Crippen molar-refractivity contribution in [3.63, 3.8) is 0 Å². The first-order chi connectivity index (χ1) is 11.9. The van der Waals surface area contributed by atoms with Crippen LogP contribution in [0, 0.1) is 19.7 Å². The van der Waals surface area contributed by atoms with Crippen molar-refractivity contribution in [3.8, 4) is 5.75 Å². The van der Waals surface area contributed by atoms with Crippen LogP contribution in [-0.4, -0.2) is 39.7 Å². The van der Waals surface area contributed by atoms with Crippen LogP contribution in [0.2, 0.25) is 0 Å². The van der Waals surface area contributed by atoms with Gasteiger partial charge in [-0.25, -0.2) is 19.2 Å². The Morgan fingerprint density at radius 2 is 1.92 bits per heavy atom. The summed E-state index contributed by atoms with van der Waals surface area (Å²) in [7, 11) is 0. The molecule has 0 amide bonds. The number of aryl methyl sites for hydroxylation is 1. The topological polar surface area (TPSA) is 75.5 Å². The largest absolute Gasteiger partial charge is 0.478 e. The Kier molecular flexibility index (Phi) is 4.57. The fourth-order valence-electron chi connectivity index (χ4n) is 3.02. The smallest absolute Gasteiger partial charge is 0.348 e. The number of carbonyl (C=O) groups is 1. The lowest BCUT2D eigenvalue weighted by Crippen LogP contribution is -2.53. The summed E-state index contributed by atoms with van der Waals surface area (Å²) < 4.78 is 19.5. The molecule has 0 aliphatic carbocycles. The monoisotopic (exact) mass is 345 g/mol. The van der Waals surface area contributed by atoms with Gasteiger partial charge in [0.15, 0.2) is 11.6 Å². The van der Waals surface area contributed by atoms with Crippen LogP contribution in [0.1, 0.15) is 24.1 Å². The molecular weight excluding hydrogens is 325 g/mol. The summed E-state index contributed by atoms with van der Waals surface area (Å²) in [5, 5.41) is 9.70. The van der Waals surface area contributed by atoms with Gasteiger partial charge in [0.1, 0.15) is 12.1 Å². The Balaban J connectivity index is 1.80. The summed E-state index contributed by atoms with van der Waals surface area (Å²) in [6, 6.07) is 5.87. The molecule has 1 aliphatic heterocycles. The number of rotatable bonds is 4. The third-order valence-corrected chi connectivity index (χ3v) is 4.71. The van der Waals surface area contributed by atoms with Crippen LogP contribution < -0.4 is 9.64 Å². The summed E-state index contributed by atoms with van der Waals surface area (Å²) in [6.45, 7) is 4.77. The highest BCUT2D eigenvalue weighted by Gasteiger charge is 2.45. The molecule has 1 aliphatic rings. The highest BCUT2D eigenvalue weighted by atomic mass is 19.1. The van der Waals surface area contributed by atoms with E-state index in [4.69, 9.17) is 4.74 Å². The average molecular weight is 345 g/mol. The van der Waals surface area contributed by atoms with Crippen LogP contribution in [0.15, 0.2) is 30.6 Å². The Labute approximate surface area is 145 Å². The molecule has 132 valence electrons. The molecule has 0 spiro atoms. The number of hydrogen-bond acceptors (Lipinski definition) is 5. The zero-order chi connectivity index (χ0) is 18.0. The third-order valence-electron chi connectivity index (χ3n) is 4.71. The summed E-state index contributed by atoms with van der Waals surface area (Å²) >= 11 is 0. The Bertz CT molecular complexity index is 789. The second-order valence-corrected chi connectivity index (χ2v) is 6.23. The zero-order valence-electron chi connectivity index (χ0n) is 14.2. The van der Waals surface area contributed by atoms with E-state index in [0.29, 0.717) is 13.1 Å². The molecule has 6 nitrogen and oxygen atoms in total. The van der Waals surface area contributed by atoms with Crippen molar-refractivity contribution in [2.24, 2.45) is 0 Å². The van der Waals surface area contributed by atoms with E-state index in [-0.39, 0.29) is 18.6 Å². The summed E-state index contributed by atoms with van der Waals surface area (Å²) in [5.74, 6) is -0.872. The SMILES string of the molecule is Cc1ncnc(N2CCC(Oc3ccccc3F)(C(=O)O)CC2)c1C. The van der Waals surface area contributed by atoms with Crippen molar-refractivity contribution < 1.29 is 19.0 Å². The number of nitrogens with zero attached hydrogens (tertiary/aromatic N) is 3. The molecule has 7 heteroatoms. The predicted molar refractivity (Wildman–Crippen MR) is 90.3 cm³/mol. The van der Waals surface area contributed by atoms with Crippen molar-refractivity contribution in [1.29, 1.82) is 0 Å². The van der Waals surface area contributed by atoms with Gasteiger partial charge in [-0.3, -0.25) is 0 Å². The van der Waals surface area contributed by atoms with E-state index >= 15 is 0 Å². The maximum atomic E-state index is 13.9. The van der Waals surface area contributed by atoms with Gasteiger partial charge in [-0.2, -0.15) is 0 Å². The van der Waals surface area contributed by atoms with Gasteiger partial charge in [0.05, 0.1) is 0 Å². The fraction of sp³-hybridized carbons (Fsp3) is 0.389. The molecule has 2 aromatic rings. The van der Waals surface area contributed by atoms with Gasteiger partial charge in [-0.1, -0.05) is 12.1 Å². The van der Waals surface area contributed by atoms with Crippen LogP contribution in [0.4, 0.5) is 10.2 Å². The van der Waals surface area contributed by atoms with E-state index < -0.39 is 17.4 Å². The molecule has 1 N–H and O–H groups in total. The van der Waals surface area contributed by atoms with E-state index in [9.17, 15) is 14.3 Å². The highest BCUT2D eigenvalue weighted by Crippen LogP contribution is 2.33. The lowest BCUT2D eigenvalue weighted by atomic mass is 9.90. The molecular formula is C18H20FN3O3. The van der Waals surface area contributed by atoms with Gasteiger partial charge >= 0.3 is 5.97 Å². The normalized spacial score (nSPS) is 16.5. The van der Waals surface area contributed by atoms with Crippen LogP contribution in [-0.2, 0) is 4.79 Å². The predicted octanol–water partition coefficient (Wildman–Crippen LogP) is 2.74. The molecule has 0 atom stereocenters. The van der Waals surface area contributed by atoms with Crippen molar-refractivity contribution in [3.05, 3.63) is 47.7 Å². The first-order valence-corrected chi connectivity index (χ1v) is 8.13. The Morgan fingerprint density at radius 3 is 2.56 bits per heavy atom. The van der Waals surface area contributed by atoms with Crippen molar-refractivity contribution in [1.82, 2.24) is 9.97 Å². The minimum Gasteiger partial charge on any atom is -0.478 e. The molecule has 1 aromatic carbocycles. The number of carboxylic acid groups (broad SMARTS) is 1. The highest BCUT2D eigenvalue weighted by molar-refractivity contribution is 5.78. The van der Waals surface area contributed by atoms with E-state index in [2.05, 4.69) is 9.97 Å². The molecule has 0 unspecified atom stereocenters. The molecule has 1 aromatic heterocycles. The second-order valence-electron chi connectivity index (χ2n) is 6.23. The van der Waals surface area contributed by atoms with Crippen molar-refractivity contribution >= 4 is 11.8 Å². The quantitative estimate of drug-likeness (QED) is 0.918. The van der Waals surface area contributed by atoms with Crippen molar-refractivity contribution in [2.75, 3.05) is 18.0 Å². The van der Waals surface area contributed by atoms with Gasteiger partial charge in [0.25, 0.3) is 0 Å². The lowest BCUT2D eigenvalue weighted by molar-refractivity contribution is -0.157. The van der Waals surface area contributed by atoms with E-state index in [1.54, 1.807) is 12.1 Å². The van der Waals surface area contributed by atoms with Gasteiger partial charge in [-0.05, 0) is 26.0 Å². The van der Waals surface area contributed by atoms with Crippen LogP contribution in [0.5, 0.6) is 5.75 Å². The minimum atomic E-state index is -1.44. The number of carboxylic acids is 1. The Hall–Kier alpha value is -2.70. The van der Waals surface area contributed by atoms with Crippen LogP contribution >= 0.6 is 0 Å². The second kappa shape index (κ2) is 6.66. The molecule has 1 fully saturated rings. The number of aliphatic carboxylic acids is 1. The number of para-hydroxylation sites is 1. The summed E-state index contributed by atoms with van der Waals surface area (Å²) in [5.41, 5.74) is 0.428. The van der Waals surface area contributed by atoms with Gasteiger partial charge in [-0.15, -0.1) is 0 Å². The summed E-state index contributed by atoms with van der Waals surface area (Å²) in [4.78, 5) is 22.4. The van der Waals surface area contributed by atoms with Gasteiger partial charge < -0.3 is 14.7 Å². The number of anilines is 1. The minimum absolute atomic E-state index is 0.0348. The third kappa shape index (κ3) is 3.26. The maximum absolute atomic E-state index is 13.9. The van der Waals surface area contributed by atoms with Crippen LogP contribution in [0.3, 0.4) is 0 Å². The fourth-order valence-corrected chi connectivity index (χ4v) is 3.02. The number of aromatic nitrogens is 2. The first kappa shape index (κ1) is 17.1. The van der Waals surface area contributed by atoms with Gasteiger partial charge in [0.2, 0.25) is 5.60 Å². The number of ether oxygens (including phenoxy) is 1. The summed E-state index contributed by atoms with van der Waals surface area (Å²) in [6.07, 6.45) is 1.98. The zero-order valence-corrected chi connectivity index (χ0v) is 14.2. The lowest BCUT2D eigenvalue weighted by Gasteiger charge is -2.39. The number of halogens is 1. The average Bonchev–Trinajstić information content (AvgIpc) is 2.60. The van der Waals surface area contributed by atoms with Crippen molar-refractivity contribution in [2.45, 2.75) is 32.3 Å². The first-order valence-electron chi connectivity index (χ1n) is 8.13. The molecule has 0 radical (unpaired) electrons. The standard InChI is InChI=1S/C18H20FN3O3/c1-12-13(2)20-11-21-16(12)22-9-7-18(8-10-22,17(23)24)25-15-6-4-3-5-14(15)19/h3-6,11H,7-10H2,1-2H3,(H,23,24). The number of hydrogen-bond donors (Lipinski definition) is 1. The van der Waals surface area contributed by atoms with Crippen LogP contribution in [0.25, 0.3) is 0 Å². The Morgan fingerprint density at radius 1 is 1.24 bits per heavy atom. The maximum Gasteiger partial charge on any atom is 0.348 e. The van der Waals surface area contributed by atoms with E-state index in [1.807, 2.05) is 18.7 Å². The molecule has 2 heterocycles. The molecule has 0 bridgehead atoms. The number of benzene rings is 1. The van der Waals surface area contributed by atoms with Gasteiger partial charge in [0, 0.05) is 37.2 Å². The molecule has 1 saturated heterocycles. The number of piperidine rings is 1. The van der Waals surface area contributed by atoms with E-state index in [1.165, 1.54) is 18.5 Å². The molecule has 0 saturated carbocycles. The molecule has 3 rings (SSSR count).